The molecule has 1 heterocycles. The largest absolute Gasteiger partial charge is 0.379 e. The van der Waals surface area contributed by atoms with Gasteiger partial charge in [-0.05, 0) is 61.8 Å². The van der Waals surface area contributed by atoms with Gasteiger partial charge in [0.1, 0.15) is 5.82 Å². The molecule has 4 nitrogen and oxygen atoms in total. The Labute approximate surface area is 160 Å². The highest BCUT2D eigenvalue weighted by atomic mass is 32.1. The average molecular weight is 376 g/mol. The van der Waals surface area contributed by atoms with Crippen LogP contribution in [-0.2, 0) is 17.8 Å². The number of hydrogen-bond donors (Lipinski definition) is 1. The van der Waals surface area contributed by atoms with E-state index in [0.29, 0.717) is 24.8 Å². The number of nitrogens with one attached hydrogen (secondary N) is 1. The predicted octanol–water partition coefficient (Wildman–Crippen LogP) is 3.91. The van der Waals surface area contributed by atoms with Gasteiger partial charge in [0, 0.05) is 38.6 Å². The smallest absolute Gasteiger partial charge is 0.169 e. The van der Waals surface area contributed by atoms with Crippen LogP contribution in [0.15, 0.2) is 48.8 Å². The Hall–Kier alpha value is -2.05. The van der Waals surface area contributed by atoms with Crippen LogP contribution in [0.5, 0.6) is 0 Å². The SMILES string of the molecule is CC(C)OCCCNC(=S)N(Cc1ccc(F)cc1)Cc1cccnc1. The molecule has 0 atom stereocenters. The molecule has 0 saturated heterocycles. The number of nitrogens with zero attached hydrogens (tertiary/aromatic N) is 2. The van der Waals surface area contributed by atoms with E-state index in [9.17, 15) is 4.39 Å². The molecule has 1 N–H and O–H groups in total. The Morgan fingerprint density at radius 2 is 1.92 bits per heavy atom. The Kier molecular flexibility index (Phi) is 8.44. The Bertz CT molecular complexity index is 665. The number of ether oxygens (including phenoxy) is 1. The first kappa shape index (κ1) is 20.3. The standard InChI is InChI=1S/C20H26FN3OS/c1-16(2)25-12-4-11-23-20(26)24(15-18-5-3-10-22-13-18)14-17-6-8-19(21)9-7-17/h3,5-10,13,16H,4,11-12,14-15H2,1-2H3,(H,23,26). The summed E-state index contributed by atoms with van der Waals surface area (Å²) < 4.78 is 18.7. The lowest BCUT2D eigenvalue weighted by Gasteiger charge is -2.26. The van der Waals surface area contributed by atoms with Gasteiger partial charge in [-0.25, -0.2) is 4.39 Å². The maximum absolute atomic E-state index is 13.2. The first-order valence-corrected chi connectivity index (χ1v) is 9.23. The minimum absolute atomic E-state index is 0.238. The first-order valence-electron chi connectivity index (χ1n) is 8.82. The lowest BCUT2D eigenvalue weighted by molar-refractivity contribution is 0.0776. The zero-order valence-corrected chi connectivity index (χ0v) is 16.1. The van der Waals surface area contributed by atoms with Crippen LogP contribution >= 0.6 is 12.2 Å². The van der Waals surface area contributed by atoms with Crippen LogP contribution in [0.2, 0.25) is 0 Å². The topological polar surface area (TPSA) is 37.4 Å². The average Bonchev–Trinajstić information content (AvgIpc) is 2.63. The number of pyridine rings is 1. The van der Waals surface area contributed by atoms with Crippen LogP contribution in [-0.4, -0.2) is 34.3 Å². The van der Waals surface area contributed by atoms with E-state index in [1.807, 2.05) is 32.2 Å². The molecular weight excluding hydrogens is 349 g/mol. The van der Waals surface area contributed by atoms with Crippen molar-refractivity contribution in [1.29, 1.82) is 0 Å². The van der Waals surface area contributed by atoms with Crippen molar-refractivity contribution in [2.24, 2.45) is 0 Å². The molecule has 26 heavy (non-hydrogen) atoms. The summed E-state index contributed by atoms with van der Waals surface area (Å²) in [5.41, 5.74) is 2.07. The van der Waals surface area contributed by atoms with E-state index in [2.05, 4.69) is 15.2 Å². The molecule has 2 rings (SSSR count). The van der Waals surface area contributed by atoms with Gasteiger partial charge in [-0.1, -0.05) is 18.2 Å². The van der Waals surface area contributed by atoms with Gasteiger partial charge in [-0.2, -0.15) is 0 Å². The van der Waals surface area contributed by atoms with Crippen molar-refractivity contribution in [2.45, 2.75) is 39.5 Å². The van der Waals surface area contributed by atoms with Crippen molar-refractivity contribution in [3.05, 3.63) is 65.7 Å². The van der Waals surface area contributed by atoms with Crippen LogP contribution in [0.25, 0.3) is 0 Å². The van der Waals surface area contributed by atoms with Gasteiger partial charge in [0.15, 0.2) is 5.11 Å². The summed E-state index contributed by atoms with van der Waals surface area (Å²) >= 11 is 5.58. The zero-order valence-electron chi connectivity index (χ0n) is 15.3. The van der Waals surface area contributed by atoms with Gasteiger partial charge < -0.3 is 15.0 Å². The summed E-state index contributed by atoms with van der Waals surface area (Å²) in [5.74, 6) is -0.238. The van der Waals surface area contributed by atoms with Crippen LogP contribution in [0.3, 0.4) is 0 Å². The van der Waals surface area contributed by atoms with Crippen molar-refractivity contribution >= 4 is 17.3 Å². The minimum Gasteiger partial charge on any atom is -0.379 e. The fraction of sp³-hybridized carbons (Fsp3) is 0.400. The lowest BCUT2D eigenvalue weighted by atomic mass is 10.2. The Balaban J connectivity index is 1.95. The lowest BCUT2D eigenvalue weighted by Crippen LogP contribution is -2.39. The molecule has 0 saturated carbocycles. The number of halogens is 1. The maximum Gasteiger partial charge on any atom is 0.169 e. The van der Waals surface area contributed by atoms with Crippen molar-refractivity contribution in [1.82, 2.24) is 15.2 Å². The summed E-state index contributed by atoms with van der Waals surface area (Å²) in [6, 6.07) is 10.4. The molecule has 0 fully saturated rings. The summed E-state index contributed by atoms with van der Waals surface area (Å²) in [6.07, 6.45) is 4.70. The molecular formula is C20H26FN3OS. The second-order valence-electron chi connectivity index (χ2n) is 6.35. The maximum atomic E-state index is 13.2. The minimum atomic E-state index is -0.238. The quantitative estimate of drug-likeness (QED) is 0.531. The second kappa shape index (κ2) is 10.8. The number of aromatic nitrogens is 1. The third kappa shape index (κ3) is 7.45. The highest BCUT2D eigenvalue weighted by Gasteiger charge is 2.11. The third-order valence-electron chi connectivity index (χ3n) is 3.72. The summed E-state index contributed by atoms with van der Waals surface area (Å²) in [7, 11) is 0. The summed E-state index contributed by atoms with van der Waals surface area (Å²) in [4.78, 5) is 6.22. The number of rotatable bonds is 9. The molecule has 0 unspecified atom stereocenters. The van der Waals surface area contributed by atoms with Crippen molar-refractivity contribution in [2.75, 3.05) is 13.2 Å². The Morgan fingerprint density at radius 3 is 2.58 bits per heavy atom. The molecule has 140 valence electrons. The molecule has 0 amide bonds. The number of benzene rings is 1. The molecule has 0 aliphatic heterocycles. The normalized spacial score (nSPS) is 10.8. The van der Waals surface area contributed by atoms with E-state index in [-0.39, 0.29) is 11.9 Å². The van der Waals surface area contributed by atoms with Crippen molar-refractivity contribution in [3.8, 4) is 0 Å². The molecule has 0 aliphatic rings. The molecule has 2 aromatic rings. The fourth-order valence-electron chi connectivity index (χ4n) is 2.42. The molecule has 0 bridgehead atoms. The van der Waals surface area contributed by atoms with Gasteiger partial charge in [-0.15, -0.1) is 0 Å². The summed E-state index contributed by atoms with van der Waals surface area (Å²) in [6.45, 7) is 6.74. The molecule has 0 spiro atoms. The highest BCUT2D eigenvalue weighted by Crippen LogP contribution is 2.11. The van der Waals surface area contributed by atoms with E-state index in [0.717, 1.165) is 24.1 Å². The van der Waals surface area contributed by atoms with Crippen LogP contribution < -0.4 is 5.32 Å². The van der Waals surface area contributed by atoms with Gasteiger partial charge in [0.05, 0.1) is 6.10 Å². The highest BCUT2D eigenvalue weighted by molar-refractivity contribution is 7.80. The third-order valence-corrected chi connectivity index (χ3v) is 4.12. The number of thiocarbonyl (C=S) groups is 1. The summed E-state index contributed by atoms with van der Waals surface area (Å²) in [5, 5.41) is 3.96. The van der Waals surface area contributed by atoms with E-state index < -0.39 is 0 Å². The molecule has 0 aliphatic carbocycles. The van der Waals surface area contributed by atoms with E-state index in [1.54, 1.807) is 18.3 Å². The predicted molar refractivity (Wildman–Crippen MR) is 106 cm³/mol. The van der Waals surface area contributed by atoms with Gasteiger partial charge >= 0.3 is 0 Å². The van der Waals surface area contributed by atoms with Crippen LogP contribution in [0.4, 0.5) is 4.39 Å². The molecule has 0 radical (unpaired) electrons. The van der Waals surface area contributed by atoms with Crippen LogP contribution in [0.1, 0.15) is 31.4 Å². The van der Waals surface area contributed by atoms with Crippen molar-refractivity contribution < 1.29 is 9.13 Å². The monoisotopic (exact) mass is 375 g/mol. The molecule has 1 aromatic carbocycles. The fourth-order valence-corrected chi connectivity index (χ4v) is 2.65. The van der Waals surface area contributed by atoms with E-state index >= 15 is 0 Å². The Morgan fingerprint density at radius 1 is 1.19 bits per heavy atom. The molecule has 6 heteroatoms. The number of hydrogen-bond acceptors (Lipinski definition) is 3. The zero-order chi connectivity index (χ0) is 18.8. The van der Waals surface area contributed by atoms with Gasteiger partial charge in [0.25, 0.3) is 0 Å². The van der Waals surface area contributed by atoms with E-state index in [1.165, 1.54) is 12.1 Å². The molecule has 1 aromatic heterocycles. The second-order valence-corrected chi connectivity index (χ2v) is 6.74. The van der Waals surface area contributed by atoms with Gasteiger partial charge in [0.2, 0.25) is 0 Å². The van der Waals surface area contributed by atoms with Crippen molar-refractivity contribution in [3.63, 3.8) is 0 Å². The van der Waals surface area contributed by atoms with Crippen LogP contribution in [0, 0.1) is 5.82 Å². The first-order chi connectivity index (χ1) is 12.5. The van der Waals surface area contributed by atoms with Gasteiger partial charge in [-0.3, -0.25) is 4.98 Å². The van der Waals surface area contributed by atoms with E-state index in [4.69, 9.17) is 17.0 Å².